The second-order valence-electron chi connectivity index (χ2n) is 7.66. The Kier molecular flexibility index (Phi) is 5.95. The van der Waals surface area contributed by atoms with E-state index in [-0.39, 0.29) is 10.8 Å². The zero-order valence-corrected chi connectivity index (χ0v) is 14.5. The molecule has 1 nitrogen and oxygen atoms in total. The number of rotatable bonds is 4. The van der Waals surface area contributed by atoms with Gasteiger partial charge in [-0.3, -0.25) is 4.79 Å². The normalized spacial score (nSPS) is 20.6. The Balaban J connectivity index is 3.11. The third kappa shape index (κ3) is 5.15. The lowest BCUT2D eigenvalue weighted by molar-refractivity contribution is -0.104. The molecule has 116 valence electrons. The number of carbonyl (C=O) groups excluding carboxylic acids is 1. The number of carbonyl (C=O) groups is 1. The van der Waals surface area contributed by atoms with Gasteiger partial charge in [0.2, 0.25) is 0 Å². The predicted octanol–water partition coefficient (Wildman–Crippen LogP) is 5.80. The first-order valence-electron chi connectivity index (χ1n) is 7.89. The maximum atomic E-state index is 10.4. The maximum Gasteiger partial charge on any atom is 0.142 e. The van der Waals surface area contributed by atoms with Crippen LogP contribution in [-0.4, -0.2) is 6.29 Å². The first-order chi connectivity index (χ1) is 9.68. The second kappa shape index (κ2) is 7.06. The van der Waals surface area contributed by atoms with Gasteiger partial charge in [-0.05, 0) is 54.2 Å². The van der Waals surface area contributed by atoms with E-state index in [1.165, 1.54) is 42.1 Å². The van der Waals surface area contributed by atoms with Crippen LogP contribution in [0.3, 0.4) is 0 Å². The van der Waals surface area contributed by atoms with Gasteiger partial charge in [0, 0.05) is 0 Å². The molecule has 21 heavy (non-hydrogen) atoms. The quantitative estimate of drug-likeness (QED) is 0.363. The molecule has 0 heterocycles. The summed E-state index contributed by atoms with van der Waals surface area (Å²) in [5.74, 6) is 0. The van der Waals surface area contributed by atoms with Gasteiger partial charge in [0.15, 0.2) is 0 Å². The minimum absolute atomic E-state index is 0.0665. The van der Waals surface area contributed by atoms with Crippen molar-refractivity contribution >= 4 is 6.29 Å². The van der Waals surface area contributed by atoms with Crippen LogP contribution in [0, 0.1) is 10.8 Å². The van der Waals surface area contributed by atoms with Crippen LogP contribution in [0.5, 0.6) is 0 Å². The van der Waals surface area contributed by atoms with Crippen LogP contribution in [0.15, 0.2) is 47.1 Å². The SMILES string of the molecule is CC1=C(/C=C/C(=C/C=C/C=O)C(C)(C)C)C(C)(C)CCC1. The van der Waals surface area contributed by atoms with Crippen LogP contribution >= 0.6 is 0 Å². The van der Waals surface area contributed by atoms with Crippen molar-refractivity contribution in [3.63, 3.8) is 0 Å². The molecule has 0 N–H and O–H groups in total. The first kappa shape index (κ1) is 17.7. The molecule has 0 atom stereocenters. The molecule has 0 radical (unpaired) electrons. The summed E-state index contributed by atoms with van der Waals surface area (Å²) < 4.78 is 0. The van der Waals surface area contributed by atoms with E-state index in [1.54, 1.807) is 0 Å². The fourth-order valence-electron chi connectivity index (χ4n) is 2.94. The average Bonchev–Trinajstić information content (AvgIpc) is 2.34. The lowest BCUT2D eigenvalue weighted by Gasteiger charge is -2.33. The molecule has 0 aliphatic heterocycles. The van der Waals surface area contributed by atoms with Crippen LogP contribution in [-0.2, 0) is 4.79 Å². The highest BCUT2D eigenvalue weighted by Crippen LogP contribution is 2.41. The monoisotopic (exact) mass is 286 g/mol. The van der Waals surface area contributed by atoms with E-state index in [0.29, 0.717) is 0 Å². The molecule has 0 bridgehead atoms. The number of aldehydes is 1. The molecule has 0 fully saturated rings. The van der Waals surface area contributed by atoms with Gasteiger partial charge in [0.1, 0.15) is 6.29 Å². The molecule has 0 aromatic carbocycles. The Hall–Kier alpha value is -1.37. The zero-order chi connectivity index (χ0) is 16.1. The predicted molar refractivity (Wildman–Crippen MR) is 92.2 cm³/mol. The second-order valence-corrected chi connectivity index (χ2v) is 7.66. The van der Waals surface area contributed by atoms with Crippen molar-refractivity contribution in [2.24, 2.45) is 10.8 Å². The van der Waals surface area contributed by atoms with Crippen molar-refractivity contribution in [2.75, 3.05) is 0 Å². The lowest BCUT2D eigenvalue weighted by atomic mass is 9.72. The first-order valence-corrected chi connectivity index (χ1v) is 7.89. The van der Waals surface area contributed by atoms with Crippen molar-refractivity contribution in [3.8, 4) is 0 Å². The summed E-state index contributed by atoms with van der Waals surface area (Å²) in [5.41, 5.74) is 4.56. The smallest absolute Gasteiger partial charge is 0.142 e. The number of hydrogen-bond donors (Lipinski definition) is 0. The van der Waals surface area contributed by atoms with Gasteiger partial charge >= 0.3 is 0 Å². The van der Waals surface area contributed by atoms with Crippen molar-refractivity contribution in [1.29, 1.82) is 0 Å². The number of allylic oxidation sites excluding steroid dienone is 8. The molecule has 0 spiro atoms. The van der Waals surface area contributed by atoms with Crippen LogP contribution in [0.4, 0.5) is 0 Å². The summed E-state index contributed by atoms with van der Waals surface area (Å²) in [6.45, 7) is 13.5. The molecule has 0 aromatic rings. The van der Waals surface area contributed by atoms with Gasteiger partial charge in [-0.25, -0.2) is 0 Å². The van der Waals surface area contributed by atoms with E-state index in [4.69, 9.17) is 0 Å². The molecular weight excluding hydrogens is 256 g/mol. The van der Waals surface area contributed by atoms with Crippen LogP contribution in [0.2, 0.25) is 0 Å². The highest BCUT2D eigenvalue weighted by atomic mass is 16.1. The molecule has 0 saturated heterocycles. The van der Waals surface area contributed by atoms with Gasteiger partial charge in [-0.2, -0.15) is 0 Å². The third-order valence-corrected chi connectivity index (χ3v) is 4.30. The van der Waals surface area contributed by atoms with Crippen molar-refractivity contribution in [1.82, 2.24) is 0 Å². The van der Waals surface area contributed by atoms with E-state index < -0.39 is 0 Å². The van der Waals surface area contributed by atoms with Gasteiger partial charge < -0.3 is 0 Å². The fourth-order valence-corrected chi connectivity index (χ4v) is 2.94. The summed E-state index contributed by atoms with van der Waals surface area (Å²) in [6.07, 6.45) is 14.5. The van der Waals surface area contributed by atoms with E-state index in [0.717, 1.165) is 6.29 Å². The van der Waals surface area contributed by atoms with Crippen molar-refractivity contribution in [3.05, 3.63) is 47.1 Å². The molecule has 1 rings (SSSR count). The van der Waals surface area contributed by atoms with Crippen LogP contribution in [0.25, 0.3) is 0 Å². The Labute approximate surface area is 130 Å². The van der Waals surface area contributed by atoms with E-state index in [9.17, 15) is 4.79 Å². The lowest BCUT2D eigenvalue weighted by Crippen LogP contribution is -2.19. The molecule has 1 aliphatic rings. The van der Waals surface area contributed by atoms with E-state index in [2.05, 4.69) is 53.7 Å². The summed E-state index contributed by atoms with van der Waals surface area (Å²) in [6, 6.07) is 0. The van der Waals surface area contributed by atoms with Crippen molar-refractivity contribution < 1.29 is 4.79 Å². The van der Waals surface area contributed by atoms with Gasteiger partial charge in [0.25, 0.3) is 0 Å². The Morgan fingerprint density at radius 1 is 1.19 bits per heavy atom. The number of hydrogen-bond acceptors (Lipinski definition) is 1. The highest BCUT2D eigenvalue weighted by Gasteiger charge is 2.26. The summed E-state index contributed by atoms with van der Waals surface area (Å²) >= 11 is 0. The molecule has 1 heteroatoms. The van der Waals surface area contributed by atoms with Crippen LogP contribution in [0.1, 0.15) is 60.8 Å². The Morgan fingerprint density at radius 3 is 2.38 bits per heavy atom. The largest absolute Gasteiger partial charge is 0.299 e. The average molecular weight is 286 g/mol. The van der Waals surface area contributed by atoms with Gasteiger partial charge in [0.05, 0.1) is 0 Å². The maximum absolute atomic E-state index is 10.4. The molecule has 0 amide bonds. The molecule has 0 unspecified atom stereocenters. The standard InChI is InChI=1S/C20H30O/c1-16-10-9-14-20(5,6)18(16)13-12-17(19(2,3)4)11-7-8-15-21/h7-8,11-13,15H,9-10,14H2,1-6H3/b8-7+,13-12+,17-11-. The Bertz CT molecular complexity index is 490. The zero-order valence-electron chi connectivity index (χ0n) is 14.5. The summed E-state index contributed by atoms with van der Waals surface area (Å²) in [7, 11) is 0. The fraction of sp³-hybridized carbons (Fsp3) is 0.550. The summed E-state index contributed by atoms with van der Waals surface area (Å²) in [5, 5.41) is 0. The van der Waals surface area contributed by atoms with E-state index >= 15 is 0 Å². The van der Waals surface area contributed by atoms with Crippen LogP contribution < -0.4 is 0 Å². The van der Waals surface area contributed by atoms with Gasteiger partial charge in [-0.15, -0.1) is 0 Å². The molecular formula is C20H30O. The molecule has 1 aliphatic carbocycles. The summed E-state index contributed by atoms with van der Waals surface area (Å²) in [4.78, 5) is 10.4. The molecule has 0 aromatic heterocycles. The topological polar surface area (TPSA) is 17.1 Å². The van der Waals surface area contributed by atoms with E-state index in [1.807, 2.05) is 12.2 Å². The third-order valence-electron chi connectivity index (χ3n) is 4.30. The Morgan fingerprint density at radius 2 is 1.86 bits per heavy atom. The highest BCUT2D eigenvalue weighted by molar-refractivity contribution is 5.65. The minimum atomic E-state index is 0.0665. The minimum Gasteiger partial charge on any atom is -0.299 e. The van der Waals surface area contributed by atoms with Gasteiger partial charge in [-0.1, -0.05) is 64.5 Å². The molecule has 0 saturated carbocycles. The van der Waals surface area contributed by atoms with Crippen molar-refractivity contribution in [2.45, 2.75) is 60.8 Å².